The topological polar surface area (TPSA) is 108 Å². The molecular weight excluding hydrogens is 442 g/mol. The molecule has 0 spiro atoms. The number of benzene rings is 1. The third kappa shape index (κ3) is 8.81. The molecule has 1 aliphatic heterocycles. The molecule has 2 bridgehead atoms. The average molecular weight is 480 g/mol. The first-order chi connectivity index (χ1) is 17.1. The number of carbonyl (C=O) groups is 4. The summed E-state index contributed by atoms with van der Waals surface area (Å²) in [6, 6.07) is 11.3. The maximum atomic E-state index is 13.1. The SMILES string of the molecule is O=C[C@H](Cc1ccccc1)NC(=O)[C@@H]1CCCCCCCCCCCC(=O)c2ccc([nH]2)C(=O)N1. The first kappa shape index (κ1) is 26.4. The minimum atomic E-state index is -0.762. The van der Waals surface area contributed by atoms with Gasteiger partial charge < -0.3 is 20.4 Å². The van der Waals surface area contributed by atoms with Crippen LogP contribution in [0.4, 0.5) is 0 Å². The maximum Gasteiger partial charge on any atom is 0.268 e. The average Bonchev–Trinajstić information content (AvgIpc) is 3.36. The first-order valence-corrected chi connectivity index (χ1v) is 12.9. The number of aldehydes is 1. The standard InChI is InChI=1S/C28H37N3O4/c32-20-22(19-21-13-9-8-10-14-21)29-27(34)24-15-11-6-4-2-1-3-5-7-12-16-26(33)23-17-18-25(30-23)28(35)31-24/h8-10,13-14,17-18,20,22,24,30H,1-7,11-12,15-16,19H2,(H,29,34)(H,31,35)/t22-,24-/m0/s1. The Balaban J connectivity index is 1.68. The van der Waals surface area contributed by atoms with Crippen molar-refractivity contribution in [2.75, 3.05) is 0 Å². The smallest absolute Gasteiger partial charge is 0.268 e. The summed E-state index contributed by atoms with van der Waals surface area (Å²) in [4.78, 5) is 53.0. The molecule has 2 aromatic rings. The van der Waals surface area contributed by atoms with Gasteiger partial charge in [0, 0.05) is 6.42 Å². The minimum Gasteiger partial charge on any atom is -0.348 e. The second-order valence-corrected chi connectivity index (χ2v) is 9.40. The van der Waals surface area contributed by atoms with Crippen molar-refractivity contribution in [1.82, 2.24) is 15.6 Å². The molecule has 188 valence electrons. The lowest BCUT2D eigenvalue weighted by Crippen LogP contribution is -2.50. The second kappa shape index (κ2) is 14.2. The molecule has 2 atom stereocenters. The van der Waals surface area contributed by atoms with Crippen LogP contribution in [0.5, 0.6) is 0 Å². The Kier molecular flexibility index (Phi) is 10.7. The normalized spacial score (nSPS) is 19.6. The van der Waals surface area contributed by atoms with Crippen molar-refractivity contribution >= 4 is 23.9 Å². The molecule has 1 aromatic heterocycles. The summed E-state index contributed by atoms with van der Waals surface area (Å²) in [5.41, 5.74) is 1.62. The molecule has 0 saturated heterocycles. The fourth-order valence-electron chi connectivity index (χ4n) is 4.49. The van der Waals surface area contributed by atoms with Crippen LogP contribution in [0.3, 0.4) is 0 Å². The van der Waals surface area contributed by atoms with E-state index in [2.05, 4.69) is 15.6 Å². The van der Waals surface area contributed by atoms with Crippen LogP contribution in [0, 0.1) is 0 Å². The Bertz CT molecular complexity index is 970. The molecule has 7 nitrogen and oxygen atoms in total. The van der Waals surface area contributed by atoms with Crippen LogP contribution < -0.4 is 10.6 Å². The summed E-state index contributed by atoms with van der Waals surface area (Å²) in [7, 11) is 0. The molecule has 1 aliphatic rings. The van der Waals surface area contributed by atoms with E-state index in [1.54, 1.807) is 12.1 Å². The fourth-order valence-corrected chi connectivity index (χ4v) is 4.49. The summed E-state index contributed by atoms with van der Waals surface area (Å²) < 4.78 is 0. The van der Waals surface area contributed by atoms with Gasteiger partial charge >= 0.3 is 0 Å². The number of hydrogen-bond donors (Lipinski definition) is 3. The summed E-state index contributed by atoms with van der Waals surface area (Å²) in [5.74, 6) is -0.811. The molecule has 2 amide bonds. The number of nitrogens with one attached hydrogen (secondary N) is 3. The number of aromatic amines is 1. The van der Waals surface area contributed by atoms with Gasteiger partial charge in [-0.2, -0.15) is 0 Å². The van der Waals surface area contributed by atoms with E-state index >= 15 is 0 Å². The van der Waals surface area contributed by atoms with Crippen LogP contribution in [0.25, 0.3) is 0 Å². The van der Waals surface area contributed by atoms with Crippen LogP contribution in [-0.2, 0) is 16.0 Å². The molecule has 3 N–H and O–H groups in total. The van der Waals surface area contributed by atoms with E-state index in [0.717, 1.165) is 56.8 Å². The highest BCUT2D eigenvalue weighted by molar-refractivity contribution is 6.00. The van der Waals surface area contributed by atoms with Gasteiger partial charge in [-0.25, -0.2) is 0 Å². The van der Waals surface area contributed by atoms with Crippen LogP contribution >= 0.6 is 0 Å². The predicted molar refractivity (Wildman–Crippen MR) is 135 cm³/mol. The zero-order valence-corrected chi connectivity index (χ0v) is 20.4. The summed E-state index contributed by atoms with van der Waals surface area (Å²) in [6.45, 7) is 0. The zero-order valence-electron chi connectivity index (χ0n) is 20.4. The lowest BCUT2D eigenvalue weighted by atomic mass is 10.0. The number of ketones is 1. The highest BCUT2D eigenvalue weighted by Crippen LogP contribution is 2.15. The highest BCUT2D eigenvalue weighted by atomic mass is 16.2. The Labute approximate surface area is 207 Å². The number of fused-ring (bicyclic) bond motifs is 2. The summed E-state index contributed by atoms with van der Waals surface area (Å²) in [5, 5.41) is 5.61. The molecule has 7 heteroatoms. The number of Topliss-reactive ketones (excluding diaryl/α,β-unsaturated/α-hetero) is 1. The Hall–Kier alpha value is -3.22. The van der Waals surface area contributed by atoms with Crippen molar-refractivity contribution in [3.8, 4) is 0 Å². The van der Waals surface area contributed by atoms with Crippen molar-refractivity contribution in [2.24, 2.45) is 0 Å². The van der Waals surface area contributed by atoms with Gasteiger partial charge in [-0.15, -0.1) is 0 Å². The predicted octanol–water partition coefficient (Wildman–Crippen LogP) is 4.53. The van der Waals surface area contributed by atoms with Gasteiger partial charge in [-0.3, -0.25) is 14.4 Å². The quantitative estimate of drug-likeness (QED) is 0.548. The highest BCUT2D eigenvalue weighted by Gasteiger charge is 2.24. The monoisotopic (exact) mass is 479 g/mol. The van der Waals surface area contributed by atoms with Crippen molar-refractivity contribution in [3.05, 3.63) is 59.4 Å². The Morgan fingerprint density at radius 3 is 2.20 bits per heavy atom. The molecule has 0 saturated carbocycles. The van der Waals surface area contributed by atoms with Gasteiger partial charge in [0.2, 0.25) is 5.91 Å². The number of rotatable bonds is 5. The number of H-pyrrole nitrogens is 1. The number of carbonyl (C=O) groups excluding carboxylic acids is 4. The van der Waals surface area contributed by atoms with E-state index in [1.807, 2.05) is 30.3 Å². The molecular formula is C28H37N3O4. The van der Waals surface area contributed by atoms with Gasteiger partial charge in [-0.05, 0) is 37.0 Å². The van der Waals surface area contributed by atoms with E-state index in [0.29, 0.717) is 25.0 Å². The fraction of sp³-hybridized carbons (Fsp3) is 0.500. The number of amides is 2. The zero-order chi connectivity index (χ0) is 24.9. The van der Waals surface area contributed by atoms with Gasteiger partial charge in [0.15, 0.2) is 5.78 Å². The van der Waals surface area contributed by atoms with E-state index in [4.69, 9.17) is 0 Å². The molecule has 35 heavy (non-hydrogen) atoms. The molecule has 0 fully saturated rings. The molecule has 2 heterocycles. The van der Waals surface area contributed by atoms with Crippen molar-refractivity contribution in [1.29, 1.82) is 0 Å². The number of hydrogen-bond acceptors (Lipinski definition) is 4. The third-order valence-corrected chi connectivity index (χ3v) is 6.54. The van der Waals surface area contributed by atoms with Crippen molar-refractivity contribution in [2.45, 2.75) is 89.1 Å². The summed E-state index contributed by atoms with van der Waals surface area (Å²) >= 11 is 0. The first-order valence-electron chi connectivity index (χ1n) is 12.9. The van der Waals surface area contributed by atoms with Crippen molar-refractivity contribution in [3.63, 3.8) is 0 Å². The molecule has 1 aromatic carbocycles. The summed E-state index contributed by atoms with van der Waals surface area (Å²) in [6.07, 6.45) is 11.5. The van der Waals surface area contributed by atoms with E-state index in [1.165, 1.54) is 12.8 Å². The maximum absolute atomic E-state index is 13.1. The van der Waals surface area contributed by atoms with E-state index < -0.39 is 18.0 Å². The lowest BCUT2D eigenvalue weighted by molar-refractivity contribution is -0.125. The molecule has 0 unspecified atom stereocenters. The van der Waals surface area contributed by atoms with Gasteiger partial charge in [-0.1, -0.05) is 81.7 Å². The molecule has 0 radical (unpaired) electrons. The van der Waals surface area contributed by atoms with E-state index in [-0.39, 0.29) is 17.4 Å². The largest absolute Gasteiger partial charge is 0.348 e. The lowest BCUT2D eigenvalue weighted by Gasteiger charge is -2.21. The Morgan fingerprint density at radius 1 is 0.886 bits per heavy atom. The van der Waals surface area contributed by atoms with Gasteiger partial charge in [0.05, 0.1) is 11.7 Å². The van der Waals surface area contributed by atoms with Crippen LogP contribution in [0.15, 0.2) is 42.5 Å². The van der Waals surface area contributed by atoms with Crippen molar-refractivity contribution < 1.29 is 19.2 Å². The van der Waals surface area contributed by atoms with Crippen LogP contribution in [0.1, 0.15) is 97.2 Å². The minimum absolute atomic E-state index is 0.00537. The number of aromatic nitrogens is 1. The third-order valence-electron chi connectivity index (χ3n) is 6.54. The van der Waals surface area contributed by atoms with Gasteiger partial charge in [0.25, 0.3) is 5.91 Å². The van der Waals surface area contributed by atoms with E-state index in [9.17, 15) is 19.2 Å². The second-order valence-electron chi connectivity index (χ2n) is 9.40. The van der Waals surface area contributed by atoms with Gasteiger partial charge in [0.1, 0.15) is 18.0 Å². The van der Waals surface area contributed by atoms with Crippen LogP contribution in [-0.4, -0.2) is 41.0 Å². The molecule has 3 rings (SSSR count). The van der Waals surface area contributed by atoms with Crippen LogP contribution in [0.2, 0.25) is 0 Å². The molecule has 0 aliphatic carbocycles. The Morgan fingerprint density at radius 2 is 1.51 bits per heavy atom.